The Balaban J connectivity index is 1.39. The normalized spacial score (nSPS) is 12.8. The van der Waals surface area contributed by atoms with Crippen LogP contribution in [0.2, 0.25) is 0 Å². The number of rotatable bonds is 15. The Morgan fingerprint density at radius 2 is 0.873 bits per heavy atom. The Morgan fingerprint density at radius 1 is 0.400 bits per heavy atom. The van der Waals surface area contributed by atoms with E-state index < -0.39 is 0 Å². The summed E-state index contributed by atoms with van der Waals surface area (Å²) in [6.45, 7) is 9.31. The molecule has 0 saturated carbocycles. The molecule has 0 amide bonds. The van der Waals surface area contributed by atoms with Crippen LogP contribution in [0, 0.1) is 0 Å². The molecule has 2 aliphatic heterocycles. The van der Waals surface area contributed by atoms with E-state index in [1.807, 2.05) is 0 Å². The van der Waals surface area contributed by atoms with Gasteiger partial charge in [-0.1, -0.05) is 132 Å². The standard InChI is InChI=1S/C52H57BN2/c1-5-9-17-38-25-30-43(31-26-38)54-48-33-28-40(19-11-7-3)36-45(48)53-46-37-41(20-12-8-4)29-34-49(46)55(51-24-16-23-50(54)52(51)53)47-32-27-39(18-10-6-2)35-44(47)42-21-14-13-15-22-42/h13-16,21-37H,5-12,17-20H2,1-4H3. The summed E-state index contributed by atoms with van der Waals surface area (Å²) in [6.07, 6.45) is 14.1. The fourth-order valence-electron chi connectivity index (χ4n) is 9.01. The lowest BCUT2D eigenvalue weighted by molar-refractivity contribution is 0.795. The van der Waals surface area contributed by atoms with Crippen molar-refractivity contribution in [2.45, 2.75) is 105 Å². The highest BCUT2D eigenvalue weighted by atomic mass is 15.2. The van der Waals surface area contributed by atoms with Gasteiger partial charge in [-0.3, -0.25) is 0 Å². The molecule has 278 valence electrons. The minimum atomic E-state index is 0.139. The van der Waals surface area contributed by atoms with Gasteiger partial charge in [-0.05, 0) is 144 Å². The van der Waals surface area contributed by atoms with Crippen molar-refractivity contribution in [1.29, 1.82) is 0 Å². The number of unbranched alkanes of at least 4 members (excludes halogenated alkanes) is 4. The molecule has 0 aliphatic carbocycles. The van der Waals surface area contributed by atoms with Gasteiger partial charge in [-0.2, -0.15) is 0 Å². The van der Waals surface area contributed by atoms with Crippen LogP contribution in [0.1, 0.15) is 101 Å². The van der Waals surface area contributed by atoms with Gasteiger partial charge in [0.25, 0.3) is 6.71 Å². The maximum Gasteiger partial charge on any atom is 0.252 e. The number of aryl methyl sites for hydroxylation is 4. The summed E-state index contributed by atoms with van der Waals surface area (Å²) in [5, 5.41) is 0. The molecule has 55 heavy (non-hydrogen) atoms. The summed E-state index contributed by atoms with van der Waals surface area (Å²) >= 11 is 0. The molecular formula is C52H57BN2. The second kappa shape index (κ2) is 16.8. The molecule has 0 atom stereocenters. The molecule has 0 saturated heterocycles. The highest BCUT2D eigenvalue weighted by molar-refractivity contribution is 7.00. The van der Waals surface area contributed by atoms with Crippen molar-refractivity contribution in [2.75, 3.05) is 9.80 Å². The van der Waals surface area contributed by atoms with Crippen LogP contribution in [0.15, 0.2) is 127 Å². The van der Waals surface area contributed by atoms with Crippen LogP contribution in [0.3, 0.4) is 0 Å². The van der Waals surface area contributed by atoms with Gasteiger partial charge in [0, 0.05) is 34.0 Å². The summed E-state index contributed by atoms with van der Waals surface area (Å²) in [5.74, 6) is 0. The second-order valence-corrected chi connectivity index (χ2v) is 15.9. The maximum atomic E-state index is 2.61. The molecule has 0 radical (unpaired) electrons. The molecule has 0 spiro atoms. The van der Waals surface area contributed by atoms with Crippen LogP contribution in [0.4, 0.5) is 34.1 Å². The number of hydrogen-bond acceptors (Lipinski definition) is 2. The van der Waals surface area contributed by atoms with Crippen LogP contribution in [-0.4, -0.2) is 6.71 Å². The summed E-state index contributed by atoms with van der Waals surface area (Å²) in [4.78, 5) is 5.17. The first-order chi connectivity index (χ1) is 27.1. The van der Waals surface area contributed by atoms with Crippen LogP contribution in [0.25, 0.3) is 11.1 Å². The zero-order valence-electron chi connectivity index (χ0n) is 33.6. The maximum absolute atomic E-state index is 2.61. The monoisotopic (exact) mass is 720 g/mol. The lowest BCUT2D eigenvalue weighted by atomic mass is 9.33. The van der Waals surface area contributed by atoms with E-state index in [0.717, 1.165) is 25.7 Å². The molecule has 2 heterocycles. The minimum Gasteiger partial charge on any atom is -0.311 e. The molecule has 0 N–H and O–H groups in total. The molecular weight excluding hydrogens is 663 g/mol. The largest absolute Gasteiger partial charge is 0.311 e. The van der Waals surface area contributed by atoms with Crippen molar-refractivity contribution in [1.82, 2.24) is 0 Å². The molecule has 0 bridgehead atoms. The number of fused-ring (bicyclic) bond motifs is 4. The van der Waals surface area contributed by atoms with Crippen molar-refractivity contribution in [3.8, 4) is 11.1 Å². The third-order valence-electron chi connectivity index (χ3n) is 12.0. The summed E-state index contributed by atoms with van der Waals surface area (Å²) in [5.41, 5.74) is 20.2. The van der Waals surface area contributed by atoms with Gasteiger partial charge in [0.1, 0.15) is 0 Å². The average molecular weight is 721 g/mol. The fraction of sp³-hybridized carbons (Fsp3) is 0.308. The Hall–Kier alpha value is -5.02. The van der Waals surface area contributed by atoms with E-state index in [1.165, 1.54) is 135 Å². The van der Waals surface area contributed by atoms with E-state index in [1.54, 1.807) is 0 Å². The number of anilines is 6. The first-order valence-corrected chi connectivity index (χ1v) is 21.4. The zero-order valence-corrected chi connectivity index (χ0v) is 33.6. The molecule has 3 heteroatoms. The lowest BCUT2D eigenvalue weighted by Crippen LogP contribution is -2.61. The van der Waals surface area contributed by atoms with Crippen molar-refractivity contribution >= 4 is 57.2 Å². The van der Waals surface area contributed by atoms with Gasteiger partial charge < -0.3 is 9.80 Å². The SMILES string of the molecule is CCCCc1ccc(N2c3ccc(CCCC)cc3B3c4cc(CCCC)ccc4N(c4ccc(CCCC)cc4-c4ccccc4)c4cccc2c43)cc1. The third-order valence-corrected chi connectivity index (χ3v) is 12.0. The van der Waals surface area contributed by atoms with E-state index >= 15 is 0 Å². The Bertz CT molecular complexity index is 2240. The third kappa shape index (κ3) is 7.27. The topological polar surface area (TPSA) is 6.48 Å². The van der Waals surface area contributed by atoms with E-state index in [-0.39, 0.29) is 6.71 Å². The molecule has 0 aromatic heterocycles. The molecule has 2 aliphatic rings. The summed E-state index contributed by atoms with van der Waals surface area (Å²) in [6, 6.07) is 49.6. The van der Waals surface area contributed by atoms with E-state index in [0.29, 0.717) is 0 Å². The quantitative estimate of drug-likeness (QED) is 0.0973. The van der Waals surface area contributed by atoms with Gasteiger partial charge in [-0.15, -0.1) is 0 Å². The van der Waals surface area contributed by atoms with E-state index in [9.17, 15) is 0 Å². The highest BCUT2D eigenvalue weighted by Gasteiger charge is 2.43. The predicted octanol–water partition coefficient (Wildman–Crippen LogP) is 12.8. The Labute approximate surface area is 331 Å². The molecule has 6 aromatic carbocycles. The predicted molar refractivity (Wildman–Crippen MR) is 240 cm³/mol. The van der Waals surface area contributed by atoms with Gasteiger partial charge in [0.05, 0.1) is 5.69 Å². The van der Waals surface area contributed by atoms with Gasteiger partial charge in [-0.25, -0.2) is 0 Å². The number of hydrogen-bond donors (Lipinski definition) is 0. The number of nitrogens with zero attached hydrogens (tertiary/aromatic N) is 2. The average Bonchev–Trinajstić information content (AvgIpc) is 3.24. The molecule has 0 unspecified atom stereocenters. The first-order valence-electron chi connectivity index (χ1n) is 21.4. The van der Waals surface area contributed by atoms with Crippen LogP contribution in [-0.2, 0) is 25.7 Å². The van der Waals surface area contributed by atoms with Crippen LogP contribution >= 0.6 is 0 Å². The van der Waals surface area contributed by atoms with E-state index in [4.69, 9.17) is 0 Å². The van der Waals surface area contributed by atoms with Crippen molar-refractivity contribution in [3.05, 3.63) is 150 Å². The second-order valence-electron chi connectivity index (χ2n) is 15.9. The van der Waals surface area contributed by atoms with Crippen LogP contribution < -0.4 is 26.2 Å². The van der Waals surface area contributed by atoms with Crippen molar-refractivity contribution in [3.63, 3.8) is 0 Å². The fourth-order valence-corrected chi connectivity index (χ4v) is 9.01. The summed E-state index contributed by atoms with van der Waals surface area (Å²) < 4.78 is 0. The highest BCUT2D eigenvalue weighted by Crippen LogP contribution is 2.46. The van der Waals surface area contributed by atoms with Crippen molar-refractivity contribution in [2.24, 2.45) is 0 Å². The summed E-state index contributed by atoms with van der Waals surface area (Å²) in [7, 11) is 0. The Kier molecular flexibility index (Phi) is 11.3. The van der Waals surface area contributed by atoms with E-state index in [2.05, 4.69) is 165 Å². The molecule has 0 fully saturated rings. The minimum absolute atomic E-state index is 0.139. The van der Waals surface area contributed by atoms with Crippen molar-refractivity contribution < 1.29 is 0 Å². The number of benzene rings is 6. The molecule has 8 rings (SSSR count). The zero-order chi connectivity index (χ0) is 37.7. The molecule has 6 aromatic rings. The van der Waals surface area contributed by atoms with Gasteiger partial charge in [0.2, 0.25) is 0 Å². The Morgan fingerprint density at radius 3 is 1.44 bits per heavy atom. The van der Waals surface area contributed by atoms with Gasteiger partial charge >= 0.3 is 0 Å². The smallest absolute Gasteiger partial charge is 0.252 e. The molecule has 2 nitrogen and oxygen atoms in total. The van der Waals surface area contributed by atoms with Crippen LogP contribution in [0.5, 0.6) is 0 Å². The first kappa shape index (κ1) is 36.9. The van der Waals surface area contributed by atoms with Gasteiger partial charge in [0.15, 0.2) is 0 Å². The lowest BCUT2D eigenvalue weighted by Gasteiger charge is -2.44.